The van der Waals surface area contributed by atoms with Crippen molar-refractivity contribution >= 4 is 10.8 Å². The molecule has 0 saturated heterocycles. The van der Waals surface area contributed by atoms with Gasteiger partial charge in [-0.2, -0.15) is 0 Å². The Bertz CT molecular complexity index is 525. The van der Waals surface area contributed by atoms with E-state index in [9.17, 15) is 0 Å². The standard InChI is InChI=1S/C20H27O/c1-17(2)16-21-15-8-4-3-5-10-18-12-9-13-19-11-6-7-14-20(18)19/h6-7,9,11-14,17H,1,3-5,8,10,15-16H2,2H3. The van der Waals surface area contributed by atoms with Crippen LogP contribution in [0, 0.1) is 12.8 Å². The molecule has 2 rings (SSSR count). The zero-order chi connectivity index (χ0) is 14.9. The first kappa shape index (κ1) is 16.0. The topological polar surface area (TPSA) is 9.23 Å². The van der Waals surface area contributed by atoms with Gasteiger partial charge in [0.15, 0.2) is 0 Å². The van der Waals surface area contributed by atoms with Crippen LogP contribution in [0.5, 0.6) is 0 Å². The lowest BCUT2D eigenvalue weighted by Gasteiger charge is -2.08. The van der Waals surface area contributed by atoms with Crippen molar-refractivity contribution in [2.24, 2.45) is 5.92 Å². The Balaban J connectivity index is 1.66. The van der Waals surface area contributed by atoms with Crippen molar-refractivity contribution in [1.82, 2.24) is 0 Å². The van der Waals surface area contributed by atoms with E-state index in [-0.39, 0.29) is 0 Å². The first-order chi connectivity index (χ1) is 10.3. The average Bonchev–Trinajstić information content (AvgIpc) is 2.50. The van der Waals surface area contributed by atoms with Gasteiger partial charge in [-0.15, -0.1) is 0 Å². The average molecular weight is 283 g/mol. The largest absolute Gasteiger partial charge is 0.381 e. The van der Waals surface area contributed by atoms with E-state index >= 15 is 0 Å². The van der Waals surface area contributed by atoms with Gasteiger partial charge in [0.1, 0.15) is 0 Å². The van der Waals surface area contributed by atoms with Gasteiger partial charge in [-0.3, -0.25) is 0 Å². The molecule has 1 atom stereocenters. The highest BCUT2D eigenvalue weighted by Gasteiger charge is 2.00. The van der Waals surface area contributed by atoms with Crippen LogP contribution < -0.4 is 0 Å². The van der Waals surface area contributed by atoms with Crippen molar-refractivity contribution in [2.45, 2.75) is 39.0 Å². The summed E-state index contributed by atoms with van der Waals surface area (Å²) < 4.78 is 5.56. The second-order valence-corrected chi connectivity index (χ2v) is 5.98. The molecular formula is C20H27O. The van der Waals surface area contributed by atoms with E-state index in [0.717, 1.165) is 13.2 Å². The molecule has 0 aromatic heterocycles. The number of unbranched alkanes of at least 4 members (excludes halogenated alkanes) is 3. The van der Waals surface area contributed by atoms with Crippen molar-refractivity contribution < 1.29 is 4.74 Å². The normalized spacial score (nSPS) is 11.4. The summed E-state index contributed by atoms with van der Waals surface area (Å²) in [6, 6.07) is 15.3. The van der Waals surface area contributed by atoms with Gasteiger partial charge in [-0.1, -0.05) is 62.2 Å². The van der Waals surface area contributed by atoms with E-state index < -0.39 is 0 Å². The molecule has 0 fully saturated rings. The molecule has 0 aliphatic heterocycles. The minimum absolute atomic E-state index is 0.399. The summed E-state index contributed by atoms with van der Waals surface area (Å²) in [5, 5.41) is 2.76. The Kier molecular flexibility index (Phi) is 6.75. The molecule has 2 aromatic carbocycles. The number of benzene rings is 2. The minimum Gasteiger partial charge on any atom is -0.381 e. The zero-order valence-electron chi connectivity index (χ0n) is 13.2. The van der Waals surface area contributed by atoms with Gasteiger partial charge < -0.3 is 4.74 Å². The molecule has 1 nitrogen and oxygen atoms in total. The quantitative estimate of drug-likeness (QED) is 0.558. The number of ether oxygens (including phenoxy) is 1. The molecule has 1 radical (unpaired) electrons. The molecule has 113 valence electrons. The number of fused-ring (bicyclic) bond motifs is 1. The third-order valence-corrected chi connectivity index (χ3v) is 3.77. The molecule has 0 aliphatic rings. The fourth-order valence-corrected chi connectivity index (χ4v) is 2.67. The minimum atomic E-state index is 0.399. The van der Waals surface area contributed by atoms with Crippen LogP contribution in [0.4, 0.5) is 0 Å². The molecule has 0 bridgehead atoms. The number of hydrogen-bond donors (Lipinski definition) is 0. The lowest BCUT2D eigenvalue weighted by molar-refractivity contribution is 0.112. The molecular weight excluding hydrogens is 256 g/mol. The molecule has 21 heavy (non-hydrogen) atoms. The van der Waals surface area contributed by atoms with Gasteiger partial charge in [0.05, 0.1) is 0 Å². The number of aryl methyl sites for hydroxylation is 1. The van der Waals surface area contributed by atoms with Crippen LogP contribution in [0.15, 0.2) is 42.5 Å². The fraction of sp³-hybridized carbons (Fsp3) is 0.450. The van der Waals surface area contributed by atoms with Crippen LogP contribution in [-0.4, -0.2) is 13.2 Å². The van der Waals surface area contributed by atoms with Gasteiger partial charge >= 0.3 is 0 Å². The summed E-state index contributed by atoms with van der Waals surface area (Å²) in [6.07, 6.45) is 6.16. The predicted octanol–water partition coefficient (Wildman–Crippen LogP) is 5.43. The third kappa shape index (κ3) is 5.51. The Labute approximate surface area is 129 Å². The van der Waals surface area contributed by atoms with Gasteiger partial charge in [-0.25, -0.2) is 0 Å². The van der Waals surface area contributed by atoms with Crippen LogP contribution in [0.2, 0.25) is 0 Å². The highest BCUT2D eigenvalue weighted by atomic mass is 16.5. The van der Waals surface area contributed by atoms with Crippen LogP contribution in [0.3, 0.4) is 0 Å². The molecule has 0 spiro atoms. The summed E-state index contributed by atoms with van der Waals surface area (Å²) in [6.45, 7) is 7.68. The monoisotopic (exact) mass is 283 g/mol. The SMILES string of the molecule is [CH2]C(C)COCCCCCCc1cccc2ccccc12. The Hall–Kier alpha value is -1.34. The summed E-state index contributed by atoms with van der Waals surface area (Å²) in [7, 11) is 0. The van der Waals surface area contributed by atoms with Crippen molar-refractivity contribution in [3.05, 3.63) is 55.0 Å². The lowest BCUT2D eigenvalue weighted by atomic mass is 9.99. The van der Waals surface area contributed by atoms with Gasteiger partial charge in [0.25, 0.3) is 0 Å². The van der Waals surface area contributed by atoms with Gasteiger partial charge in [0.2, 0.25) is 0 Å². The molecule has 0 aliphatic carbocycles. The van der Waals surface area contributed by atoms with E-state index in [2.05, 4.69) is 56.3 Å². The smallest absolute Gasteiger partial charge is 0.0491 e. The van der Waals surface area contributed by atoms with Crippen molar-refractivity contribution in [1.29, 1.82) is 0 Å². The van der Waals surface area contributed by atoms with Crippen molar-refractivity contribution in [3.63, 3.8) is 0 Å². The van der Waals surface area contributed by atoms with Crippen molar-refractivity contribution in [2.75, 3.05) is 13.2 Å². The van der Waals surface area contributed by atoms with E-state index in [4.69, 9.17) is 4.74 Å². The maximum Gasteiger partial charge on any atom is 0.0491 e. The van der Waals surface area contributed by atoms with Gasteiger partial charge in [0, 0.05) is 13.2 Å². The first-order valence-electron chi connectivity index (χ1n) is 8.15. The number of hydrogen-bond acceptors (Lipinski definition) is 1. The van der Waals surface area contributed by atoms with Crippen LogP contribution in [0.1, 0.15) is 38.2 Å². The molecule has 0 saturated carbocycles. The predicted molar refractivity (Wildman–Crippen MR) is 91.5 cm³/mol. The Morgan fingerprint density at radius 3 is 2.57 bits per heavy atom. The zero-order valence-corrected chi connectivity index (χ0v) is 13.2. The van der Waals surface area contributed by atoms with Crippen LogP contribution >= 0.6 is 0 Å². The Morgan fingerprint density at radius 1 is 0.952 bits per heavy atom. The molecule has 0 heterocycles. The van der Waals surface area contributed by atoms with E-state index in [1.807, 2.05) is 0 Å². The lowest BCUT2D eigenvalue weighted by Crippen LogP contribution is -2.03. The summed E-state index contributed by atoms with van der Waals surface area (Å²) in [5.74, 6) is 0.399. The van der Waals surface area contributed by atoms with E-state index in [0.29, 0.717) is 5.92 Å². The molecule has 0 N–H and O–H groups in total. The molecule has 1 unspecified atom stereocenters. The second-order valence-electron chi connectivity index (χ2n) is 5.98. The highest BCUT2D eigenvalue weighted by molar-refractivity contribution is 5.85. The van der Waals surface area contributed by atoms with E-state index in [1.165, 1.54) is 48.4 Å². The Morgan fingerprint density at radius 2 is 1.71 bits per heavy atom. The second kappa shape index (κ2) is 8.84. The molecule has 0 amide bonds. The molecule has 2 aromatic rings. The van der Waals surface area contributed by atoms with Crippen LogP contribution in [0.25, 0.3) is 10.8 Å². The fourth-order valence-electron chi connectivity index (χ4n) is 2.67. The van der Waals surface area contributed by atoms with Gasteiger partial charge in [-0.05, 0) is 48.4 Å². The summed E-state index contributed by atoms with van der Waals surface area (Å²) in [4.78, 5) is 0. The van der Waals surface area contributed by atoms with E-state index in [1.54, 1.807) is 0 Å². The third-order valence-electron chi connectivity index (χ3n) is 3.77. The van der Waals surface area contributed by atoms with Crippen LogP contribution in [-0.2, 0) is 11.2 Å². The van der Waals surface area contributed by atoms with Crippen molar-refractivity contribution in [3.8, 4) is 0 Å². The summed E-state index contributed by atoms with van der Waals surface area (Å²) in [5.41, 5.74) is 1.48. The highest BCUT2D eigenvalue weighted by Crippen LogP contribution is 2.20. The number of rotatable bonds is 9. The molecule has 1 heteroatoms. The maximum atomic E-state index is 5.56. The first-order valence-corrected chi connectivity index (χ1v) is 8.15. The summed E-state index contributed by atoms with van der Waals surface area (Å²) >= 11 is 0. The maximum absolute atomic E-state index is 5.56.